The number of piperazine rings is 1. The average Bonchev–Trinajstić information content (AvgIpc) is 2.86. The van der Waals surface area contributed by atoms with Gasteiger partial charge in [-0.1, -0.05) is 29.3 Å². The summed E-state index contributed by atoms with van der Waals surface area (Å²) in [6, 6.07) is 10.8. The van der Waals surface area contributed by atoms with Crippen LogP contribution in [0.1, 0.15) is 12.5 Å². The molecule has 4 aromatic rings. The Morgan fingerprint density at radius 3 is 2.46 bits per heavy atom. The van der Waals surface area contributed by atoms with Gasteiger partial charge in [-0.05, 0) is 42.8 Å². The van der Waals surface area contributed by atoms with Crippen LogP contribution < -0.4 is 21.4 Å². The first-order chi connectivity index (χ1) is 17.7. The zero-order chi connectivity index (χ0) is 26.3. The molecule has 0 unspecified atom stereocenters. The second kappa shape index (κ2) is 9.87. The van der Waals surface area contributed by atoms with E-state index in [0.717, 1.165) is 34.6 Å². The Bertz CT molecular complexity index is 1620. The number of aryl methyl sites for hydroxylation is 1. The Morgan fingerprint density at radius 2 is 1.81 bits per heavy atom. The van der Waals surface area contributed by atoms with E-state index in [4.69, 9.17) is 28.6 Å². The molecule has 0 bridgehead atoms. The molecule has 0 atom stereocenters. The molecule has 12 heteroatoms. The highest BCUT2D eigenvalue weighted by molar-refractivity contribution is 6.37. The zero-order valence-corrected chi connectivity index (χ0v) is 21.7. The van der Waals surface area contributed by atoms with Crippen molar-refractivity contribution in [3.05, 3.63) is 74.2 Å². The number of hydrogen-bond acceptors (Lipinski definition) is 7. The minimum Gasteiger partial charge on any atom is -0.368 e. The van der Waals surface area contributed by atoms with Gasteiger partial charge < -0.3 is 15.1 Å². The quantitative estimate of drug-likeness (QED) is 0.364. The highest BCUT2D eigenvalue weighted by Crippen LogP contribution is 2.27. The van der Waals surface area contributed by atoms with Gasteiger partial charge >= 0.3 is 5.69 Å². The highest BCUT2D eigenvalue weighted by Gasteiger charge is 2.20. The molecule has 1 fully saturated rings. The number of nitrogens with one attached hydrogen (secondary N) is 3. The van der Waals surface area contributed by atoms with Crippen molar-refractivity contribution in [2.45, 2.75) is 13.8 Å². The lowest BCUT2D eigenvalue weighted by atomic mass is 10.1. The molecule has 2 aromatic heterocycles. The third-order valence-corrected chi connectivity index (χ3v) is 6.99. The fraction of sp³-hybridized carbons (Fsp3) is 0.240. The van der Waals surface area contributed by atoms with Crippen molar-refractivity contribution >= 4 is 57.5 Å². The summed E-state index contributed by atoms with van der Waals surface area (Å²) in [6.45, 7) is 6.61. The summed E-state index contributed by atoms with van der Waals surface area (Å²) in [7, 11) is 0. The summed E-state index contributed by atoms with van der Waals surface area (Å²) >= 11 is 12.5. The van der Waals surface area contributed by atoms with Crippen LogP contribution >= 0.6 is 23.2 Å². The number of hydrogen-bond donors (Lipinski definition) is 3. The van der Waals surface area contributed by atoms with Gasteiger partial charge in [0.25, 0.3) is 0 Å². The van der Waals surface area contributed by atoms with E-state index in [0.29, 0.717) is 18.5 Å². The average molecular weight is 539 g/mol. The normalized spacial score (nSPS) is 13.7. The van der Waals surface area contributed by atoms with Gasteiger partial charge in [0.15, 0.2) is 5.65 Å². The van der Waals surface area contributed by atoms with Crippen molar-refractivity contribution in [3.63, 3.8) is 0 Å². The molecule has 5 rings (SSSR count). The minimum absolute atomic E-state index is 0.104. The third-order valence-electron chi connectivity index (χ3n) is 6.38. The van der Waals surface area contributed by atoms with Crippen molar-refractivity contribution in [1.29, 1.82) is 5.41 Å². The predicted molar refractivity (Wildman–Crippen MR) is 144 cm³/mol. The minimum atomic E-state index is -0.595. The van der Waals surface area contributed by atoms with E-state index in [1.54, 1.807) is 25.1 Å². The lowest BCUT2D eigenvalue weighted by Gasteiger charge is -2.36. The van der Waals surface area contributed by atoms with Gasteiger partial charge in [-0.2, -0.15) is 4.98 Å². The van der Waals surface area contributed by atoms with Gasteiger partial charge in [-0.25, -0.2) is 14.3 Å². The molecule has 37 heavy (non-hydrogen) atoms. The number of H-pyrrole nitrogens is 1. The summed E-state index contributed by atoms with van der Waals surface area (Å²) in [6.07, 6.45) is 1.47. The first kappa shape index (κ1) is 24.8. The molecule has 0 spiro atoms. The van der Waals surface area contributed by atoms with Gasteiger partial charge in [0.1, 0.15) is 5.49 Å². The maximum atomic E-state index is 12.9. The van der Waals surface area contributed by atoms with Crippen LogP contribution in [0.3, 0.4) is 0 Å². The lowest BCUT2D eigenvalue weighted by molar-refractivity contribution is -0.129. The van der Waals surface area contributed by atoms with E-state index in [-0.39, 0.29) is 38.7 Å². The van der Waals surface area contributed by atoms with Crippen LogP contribution in [0, 0.1) is 12.3 Å². The number of halogens is 2. The second-order valence-corrected chi connectivity index (χ2v) is 9.57. The largest absolute Gasteiger partial charge is 0.368 e. The van der Waals surface area contributed by atoms with Crippen molar-refractivity contribution in [2.75, 3.05) is 36.4 Å². The van der Waals surface area contributed by atoms with Crippen LogP contribution in [0.2, 0.25) is 10.0 Å². The first-order valence-corrected chi connectivity index (χ1v) is 12.4. The number of anilines is 3. The van der Waals surface area contributed by atoms with E-state index in [1.165, 1.54) is 6.20 Å². The summed E-state index contributed by atoms with van der Waals surface area (Å²) in [5, 5.41) is 12.6. The van der Waals surface area contributed by atoms with Gasteiger partial charge in [0.05, 0.1) is 21.1 Å². The van der Waals surface area contributed by atoms with Gasteiger partial charge in [-0.3, -0.25) is 15.2 Å². The topological polar surface area (TPSA) is 123 Å². The first-order valence-electron chi connectivity index (χ1n) is 11.6. The Kier molecular flexibility index (Phi) is 6.61. The molecular formula is C25H24Cl2N8O2. The van der Waals surface area contributed by atoms with Crippen LogP contribution in [0.25, 0.3) is 16.7 Å². The summed E-state index contributed by atoms with van der Waals surface area (Å²) in [4.78, 5) is 40.1. The number of aromatic nitrogens is 4. The molecule has 0 aliphatic carbocycles. The van der Waals surface area contributed by atoms with Gasteiger partial charge in [-0.15, -0.1) is 0 Å². The van der Waals surface area contributed by atoms with E-state index >= 15 is 0 Å². The molecule has 0 saturated carbocycles. The maximum absolute atomic E-state index is 12.9. The van der Waals surface area contributed by atoms with E-state index < -0.39 is 5.69 Å². The van der Waals surface area contributed by atoms with E-state index in [1.807, 2.05) is 30.0 Å². The summed E-state index contributed by atoms with van der Waals surface area (Å²) in [5.74, 6) is 0.381. The van der Waals surface area contributed by atoms with Gasteiger partial charge in [0, 0.05) is 50.7 Å². The molecule has 3 heterocycles. The van der Waals surface area contributed by atoms with Crippen molar-refractivity contribution < 1.29 is 4.79 Å². The van der Waals surface area contributed by atoms with Crippen LogP contribution in [-0.4, -0.2) is 56.5 Å². The Labute approximate surface area is 222 Å². The molecule has 0 radical (unpaired) electrons. The number of aromatic amines is 1. The second-order valence-electron chi connectivity index (χ2n) is 8.76. The maximum Gasteiger partial charge on any atom is 0.333 e. The van der Waals surface area contributed by atoms with Crippen LogP contribution in [-0.2, 0) is 4.79 Å². The molecule has 3 N–H and O–H groups in total. The fourth-order valence-corrected chi connectivity index (χ4v) is 5.05. The number of para-hydroxylation sites is 1. The van der Waals surface area contributed by atoms with Gasteiger partial charge in [0.2, 0.25) is 11.9 Å². The highest BCUT2D eigenvalue weighted by atomic mass is 35.5. The predicted octanol–water partition coefficient (Wildman–Crippen LogP) is 3.62. The Morgan fingerprint density at radius 1 is 1.11 bits per heavy atom. The monoisotopic (exact) mass is 538 g/mol. The molecule has 1 amide bonds. The van der Waals surface area contributed by atoms with E-state index in [2.05, 4.69) is 25.2 Å². The molecule has 1 saturated heterocycles. The lowest BCUT2D eigenvalue weighted by Crippen LogP contribution is -2.48. The summed E-state index contributed by atoms with van der Waals surface area (Å²) in [5.41, 5.74) is 2.67. The van der Waals surface area contributed by atoms with Crippen LogP contribution in [0.15, 0.2) is 47.4 Å². The number of nitrogens with zero attached hydrogens (tertiary/aromatic N) is 5. The van der Waals surface area contributed by atoms with Crippen molar-refractivity contribution in [2.24, 2.45) is 0 Å². The Balaban J connectivity index is 1.41. The fourth-order valence-electron chi connectivity index (χ4n) is 4.49. The molecule has 1 aliphatic heterocycles. The molecular weight excluding hydrogens is 515 g/mol. The number of amides is 1. The van der Waals surface area contributed by atoms with Crippen LogP contribution in [0.4, 0.5) is 17.3 Å². The number of carbonyl (C=O) groups is 1. The van der Waals surface area contributed by atoms with E-state index in [9.17, 15) is 9.59 Å². The zero-order valence-electron chi connectivity index (χ0n) is 20.2. The standard InChI is InChI=1S/C25H24Cl2N8O2/c1-14-12-16(6-7-20(14)34-10-8-33(9-11-34)15(2)36)30-24-29-13-17-22(28)35(25(37)32-23(17)31-24)21-18(26)4-3-5-19(21)27/h3-7,12-13,28H,8-11H2,1-2H3,(H2,29,30,31,32,37). The van der Waals surface area contributed by atoms with Crippen molar-refractivity contribution in [1.82, 2.24) is 24.4 Å². The molecule has 190 valence electrons. The number of rotatable bonds is 4. The smallest absolute Gasteiger partial charge is 0.333 e. The molecule has 2 aromatic carbocycles. The number of fused-ring (bicyclic) bond motifs is 1. The SMILES string of the molecule is CC(=O)N1CCN(c2ccc(Nc3ncc4c(=N)n(-c5c(Cl)cccc5Cl)c(=O)[nH]c4n3)cc2C)CC1. The number of carbonyl (C=O) groups excluding carboxylic acids is 1. The Hall–Kier alpha value is -3.89. The van der Waals surface area contributed by atoms with Crippen molar-refractivity contribution in [3.8, 4) is 5.69 Å². The molecule has 10 nitrogen and oxygen atoms in total. The number of benzene rings is 2. The summed E-state index contributed by atoms with van der Waals surface area (Å²) < 4.78 is 1.10. The third kappa shape index (κ3) is 4.77. The molecule has 1 aliphatic rings. The van der Waals surface area contributed by atoms with Crippen LogP contribution in [0.5, 0.6) is 0 Å².